The number of benzene rings is 3. The summed E-state index contributed by atoms with van der Waals surface area (Å²) in [6.07, 6.45) is 0. The Bertz CT molecular complexity index is 1190. The standard InChI is InChI=1S/C24H23ClN2O4/c1-28-18-8-5-16(6-9-18)24-26-19-10-7-17(25)13-20(19)27(24)14-15-11-21(29-2)23(31-4)22(12-15)30-3/h5-13H,14H2,1-4H3. The Hall–Kier alpha value is -3.38. The van der Waals surface area contributed by atoms with E-state index in [9.17, 15) is 0 Å². The van der Waals surface area contributed by atoms with Crippen molar-refractivity contribution < 1.29 is 18.9 Å². The molecule has 4 rings (SSSR count). The quantitative estimate of drug-likeness (QED) is 0.384. The van der Waals surface area contributed by atoms with Gasteiger partial charge in [-0.3, -0.25) is 0 Å². The van der Waals surface area contributed by atoms with Crippen LogP contribution in [0.1, 0.15) is 5.56 Å². The van der Waals surface area contributed by atoms with Crippen molar-refractivity contribution in [2.45, 2.75) is 6.54 Å². The molecule has 1 aromatic heterocycles. The molecule has 6 nitrogen and oxygen atoms in total. The average molecular weight is 439 g/mol. The van der Waals surface area contributed by atoms with Crippen LogP contribution in [0.3, 0.4) is 0 Å². The van der Waals surface area contributed by atoms with Gasteiger partial charge in [0.2, 0.25) is 5.75 Å². The van der Waals surface area contributed by atoms with Crippen LogP contribution in [0.2, 0.25) is 5.02 Å². The van der Waals surface area contributed by atoms with Crippen LogP contribution in [-0.4, -0.2) is 38.0 Å². The highest BCUT2D eigenvalue weighted by Crippen LogP contribution is 2.39. The Morgan fingerprint density at radius 3 is 2.06 bits per heavy atom. The minimum absolute atomic E-state index is 0.537. The molecule has 0 aliphatic rings. The van der Waals surface area contributed by atoms with Gasteiger partial charge in [-0.25, -0.2) is 4.98 Å². The van der Waals surface area contributed by atoms with E-state index in [2.05, 4.69) is 4.57 Å². The van der Waals surface area contributed by atoms with Crippen LogP contribution < -0.4 is 18.9 Å². The number of methoxy groups -OCH3 is 4. The molecule has 0 fully saturated rings. The Kier molecular flexibility index (Phi) is 5.91. The van der Waals surface area contributed by atoms with Crippen molar-refractivity contribution in [3.05, 3.63) is 65.2 Å². The lowest BCUT2D eigenvalue weighted by atomic mass is 10.1. The lowest BCUT2D eigenvalue weighted by molar-refractivity contribution is 0.323. The fraction of sp³-hybridized carbons (Fsp3) is 0.208. The van der Waals surface area contributed by atoms with E-state index in [4.69, 9.17) is 35.5 Å². The van der Waals surface area contributed by atoms with Gasteiger partial charge in [0.15, 0.2) is 11.5 Å². The van der Waals surface area contributed by atoms with Crippen molar-refractivity contribution >= 4 is 22.6 Å². The van der Waals surface area contributed by atoms with Gasteiger partial charge in [-0.05, 0) is 60.2 Å². The molecule has 0 amide bonds. The van der Waals surface area contributed by atoms with Gasteiger partial charge in [0.25, 0.3) is 0 Å². The van der Waals surface area contributed by atoms with Crippen LogP contribution >= 0.6 is 11.6 Å². The molecule has 0 unspecified atom stereocenters. The summed E-state index contributed by atoms with van der Waals surface area (Å²) in [5, 5.41) is 0.653. The number of fused-ring (bicyclic) bond motifs is 1. The van der Waals surface area contributed by atoms with Gasteiger partial charge in [-0.1, -0.05) is 11.6 Å². The second-order valence-corrected chi connectivity index (χ2v) is 7.35. The van der Waals surface area contributed by atoms with Gasteiger partial charge < -0.3 is 23.5 Å². The molecule has 0 radical (unpaired) electrons. The van der Waals surface area contributed by atoms with E-state index < -0.39 is 0 Å². The van der Waals surface area contributed by atoms with Gasteiger partial charge >= 0.3 is 0 Å². The van der Waals surface area contributed by atoms with E-state index in [1.807, 2.05) is 54.6 Å². The summed E-state index contributed by atoms with van der Waals surface area (Å²) >= 11 is 6.31. The summed E-state index contributed by atoms with van der Waals surface area (Å²) in [4.78, 5) is 4.87. The average Bonchev–Trinajstić information content (AvgIpc) is 3.15. The summed E-state index contributed by atoms with van der Waals surface area (Å²) in [7, 11) is 6.45. The second kappa shape index (κ2) is 8.78. The Balaban J connectivity index is 1.87. The largest absolute Gasteiger partial charge is 0.497 e. The van der Waals surface area contributed by atoms with E-state index in [0.717, 1.165) is 33.7 Å². The first-order valence-electron chi connectivity index (χ1n) is 9.67. The molecule has 31 heavy (non-hydrogen) atoms. The van der Waals surface area contributed by atoms with E-state index in [0.29, 0.717) is 28.8 Å². The van der Waals surface area contributed by atoms with Gasteiger partial charge in [0.1, 0.15) is 11.6 Å². The number of hydrogen-bond donors (Lipinski definition) is 0. The summed E-state index contributed by atoms with van der Waals surface area (Å²) in [5.41, 5.74) is 3.75. The van der Waals surface area contributed by atoms with E-state index in [1.165, 1.54) is 0 Å². The predicted octanol–water partition coefficient (Wildman–Crippen LogP) is 5.44. The van der Waals surface area contributed by atoms with Crippen LogP contribution in [0, 0.1) is 0 Å². The normalized spacial score (nSPS) is 10.9. The minimum atomic E-state index is 0.537. The molecule has 0 saturated carbocycles. The smallest absolute Gasteiger partial charge is 0.203 e. The highest BCUT2D eigenvalue weighted by molar-refractivity contribution is 6.31. The van der Waals surface area contributed by atoms with Gasteiger partial charge in [-0.2, -0.15) is 0 Å². The first-order chi connectivity index (χ1) is 15.1. The van der Waals surface area contributed by atoms with Crippen LogP contribution in [0.25, 0.3) is 22.4 Å². The number of ether oxygens (including phenoxy) is 4. The number of imidazole rings is 1. The third kappa shape index (κ3) is 3.99. The molecule has 0 N–H and O–H groups in total. The molecular weight excluding hydrogens is 416 g/mol. The summed E-state index contributed by atoms with van der Waals surface area (Å²) in [6, 6.07) is 17.4. The zero-order valence-electron chi connectivity index (χ0n) is 17.8. The fourth-order valence-corrected chi connectivity index (χ4v) is 3.79. The zero-order chi connectivity index (χ0) is 22.0. The third-order valence-corrected chi connectivity index (χ3v) is 5.36. The molecule has 0 spiro atoms. The number of hydrogen-bond acceptors (Lipinski definition) is 5. The number of halogens is 1. The summed E-state index contributed by atoms with van der Waals surface area (Å²) in [6.45, 7) is 0.537. The lowest BCUT2D eigenvalue weighted by Gasteiger charge is -2.16. The summed E-state index contributed by atoms with van der Waals surface area (Å²) in [5.74, 6) is 3.38. The van der Waals surface area contributed by atoms with Crippen LogP contribution in [-0.2, 0) is 6.54 Å². The molecule has 1 heterocycles. The molecule has 0 aliphatic carbocycles. The molecule has 7 heteroatoms. The van der Waals surface area contributed by atoms with Crippen molar-refractivity contribution in [2.24, 2.45) is 0 Å². The molecule has 0 atom stereocenters. The van der Waals surface area contributed by atoms with Crippen molar-refractivity contribution in [2.75, 3.05) is 28.4 Å². The lowest BCUT2D eigenvalue weighted by Crippen LogP contribution is -2.04. The van der Waals surface area contributed by atoms with Crippen molar-refractivity contribution in [3.63, 3.8) is 0 Å². The third-order valence-electron chi connectivity index (χ3n) is 5.12. The SMILES string of the molecule is COc1ccc(-c2nc3ccc(Cl)cc3n2Cc2cc(OC)c(OC)c(OC)c2)cc1. The topological polar surface area (TPSA) is 54.7 Å². The summed E-state index contributed by atoms with van der Waals surface area (Å²) < 4.78 is 23.9. The first kappa shape index (κ1) is 20.9. The molecule has 160 valence electrons. The minimum Gasteiger partial charge on any atom is -0.497 e. The molecule has 0 saturated heterocycles. The maximum atomic E-state index is 6.31. The highest BCUT2D eigenvalue weighted by atomic mass is 35.5. The molecule has 0 aliphatic heterocycles. The number of nitrogens with zero attached hydrogens (tertiary/aromatic N) is 2. The first-order valence-corrected chi connectivity index (χ1v) is 10.0. The van der Waals surface area contributed by atoms with E-state index >= 15 is 0 Å². The van der Waals surface area contributed by atoms with Gasteiger partial charge in [0.05, 0.1) is 39.5 Å². The molecule has 4 aromatic rings. The number of rotatable bonds is 7. The van der Waals surface area contributed by atoms with E-state index in [1.54, 1.807) is 28.4 Å². The molecule has 3 aromatic carbocycles. The van der Waals surface area contributed by atoms with Crippen LogP contribution in [0.5, 0.6) is 23.0 Å². The molecular formula is C24H23ClN2O4. The Morgan fingerprint density at radius 1 is 0.806 bits per heavy atom. The van der Waals surface area contributed by atoms with Crippen molar-refractivity contribution in [1.29, 1.82) is 0 Å². The molecule has 0 bridgehead atoms. The Labute approximate surface area is 185 Å². The maximum Gasteiger partial charge on any atom is 0.203 e. The van der Waals surface area contributed by atoms with Crippen molar-refractivity contribution in [1.82, 2.24) is 9.55 Å². The van der Waals surface area contributed by atoms with Crippen LogP contribution in [0.4, 0.5) is 0 Å². The zero-order valence-corrected chi connectivity index (χ0v) is 18.6. The fourth-order valence-electron chi connectivity index (χ4n) is 3.63. The monoisotopic (exact) mass is 438 g/mol. The highest BCUT2D eigenvalue weighted by Gasteiger charge is 2.17. The van der Waals surface area contributed by atoms with E-state index in [-0.39, 0.29) is 0 Å². The maximum absolute atomic E-state index is 6.31. The predicted molar refractivity (Wildman–Crippen MR) is 122 cm³/mol. The van der Waals surface area contributed by atoms with Crippen molar-refractivity contribution in [3.8, 4) is 34.4 Å². The number of aromatic nitrogens is 2. The van der Waals surface area contributed by atoms with Gasteiger partial charge in [-0.15, -0.1) is 0 Å². The van der Waals surface area contributed by atoms with Gasteiger partial charge in [0, 0.05) is 17.1 Å². The second-order valence-electron chi connectivity index (χ2n) is 6.92. The Morgan fingerprint density at radius 2 is 1.48 bits per heavy atom. The van der Waals surface area contributed by atoms with Crippen LogP contribution in [0.15, 0.2) is 54.6 Å².